The Hall–Kier alpha value is -2.45. The summed E-state index contributed by atoms with van der Waals surface area (Å²) in [5, 5.41) is 11.1. The van der Waals surface area contributed by atoms with Gasteiger partial charge in [0.1, 0.15) is 5.82 Å². The number of benzene rings is 1. The van der Waals surface area contributed by atoms with Crippen LogP contribution in [0.5, 0.6) is 0 Å². The number of amides is 1. The zero-order valence-corrected chi connectivity index (χ0v) is 15.6. The number of nitrogens with zero attached hydrogens (tertiary/aromatic N) is 4. The number of anilines is 1. The molecule has 1 N–H and O–H groups in total. The highest BCUT2D eigenvalue weighted by Gasteiger charge is 2.21. The molecule has 134 valence electrons. The minimum Gasteiger partial charge on any atom is -0.322 e. The van der Waals surface area contributed by atoms with Gasteiger partial charge in [0, 0.05) is 13.2 Å². The molecule has 0 aliphatic rings. The van der Waals surface area contributed by atoms with Crippen LogP contribution in [0.15, 0.2) is 47.8 Å². The summed E-state index contributed by atoms with van der Waals surface area (Å²) in [6, 6.07) is 9.69. The number of carbonyl (C=O) groups is 1. The number of carbonyl (C=O) groups excluding carboxylic acids is 1. The van der Waals surface area contributed by atoms with Gasteiger partial charge < -0.3 is 9.88 Å². The molecule has 3 rings (SSSR count). The van der Waals surface area contributed by atoms with Crippen LogP contribution in [0.1, 0.15) is 6.92 Å². The number of rotatable bonds is 5. The van der Waals surface area contributed by atoms with Gasteiger partial charge in [-0.3, -0.25) is 4.79 Å². The van der Waals surface area contributed by atoms with E-state index in [-0.39, 0.29) is 16.9 Å². The highest BCUT2D eigenvalue weighted by molar-refractivity contribution is 8.00. The molecule has 0 saturated carbocycles. The highest BCUT2D eigenvalue weighted by Crippen LogP contribution is 2.28. The van der Waals surface area contributed by atoms with Crippen molar-refractivity contribution >= 4 is 35.0 Å². The number of aromatic nitrogens is 4. The second kappa shape index (κ2) is 7.84. The second-order valence-electron chi connectivity index (χ2n) is 5.44. The molecule has 1 atom stereocenters. The van der Waals surface area contributed by atoms with E-state index < -0.39 is 5.25 Å². The summed E-state index contributed by atoms with van der Waals surface area (Å²) < 4.78 is 15.6. The first kappa shape index (κ1) is 18.3. The lowest BCUT2D eigenvalue weighted by atomic mass is 10.2. The van der Waals surface area contributed by atoms with Crippen LogP contribution in [-0.4, -0.2) is 30.9 Å². The van der Waals surface area contributed by atoms with Gasteiger partial charge in [0.05, 0.1) is 16.5 Å². The molecule has 9 heteroatoms. The Morgan fingerprint density at radius 2 is 2.04 bits per heavy atom. The average Bonchev–Trinajstić information content (AvgIpc) is 2.98. The molecule has 1 amide bonds. The Morgan fingerprint density at radius 3 is 2.77 bits per heavy atom. The third kappa shape index (κ3) is 3.86. The zero-order chi connectivity index (χ0) is 18.7. The first-order valence-electron chi connectivity index (χ1n) is 7.69. The lowest BCUT2D eigenvalue weighted by Crippen LogP contribution is -2.23. The predicted octanol–water partition coefficient (Wildman–Crippen LogP) is 3.79. The quantitative estimate of drug-likeness (QED) is 0.529. The number of thioether (sulfide) groups is 1. The van der Waals surface area contributed by atoms with E-state index in [1.54, 1.807) is 55.1 Å². The molecular weight excluding hydrogens is 377 g/mol. The molecule has 0 unspecified atom stereocenters. The van der Waals surface area contributed by atoms with Crippen molar-refractivity contribution < 1.29 is 9.18 Å². The number of halogens is 2. The van der Waals surface area contributed by atoms with Crippen molar-refractivity contribution in [3.8, 4) is 11.4 Å². The Bertz CT molecular complexity index is 948. The fraction of sp³-hybridized carbons (Fsp3) is 0.176. The fourth-order valence-electron chi connectivity index (χ4n) is 2.22. The van der Waals surface area contributed by atoms with Gasteiger partial charge in [0.25, 0.3) is 0 Å². The van der Waals surface area contributed by atoms with E-state index in [0.29, 0.717) is 22.2 Å². The van der Waals surface area contributed by atoms with Gasteiger partial charge >= 0.3 is 0 Å². The maximum absolute atomic E-state index is 14.0. The van der Waals surface area contributed by atoms with Gasteiger partial charge in [0.2, 0.25) is 5.91 Å². The summed E-state index contributed by atoms with van der Waals surface area (Å²) in [5.41, 5.74) is 0.797. The summed E-state index contributed by atoms with van der Waals surface area (Å²) in [7, 11) is 1.73. The summed E-state index contributed by atoms with van der Waals surface area (Å²) in [4.78, 5) is 16.3. The molecule has 26 heavy (non-hydrogen) atoms. The molecule has 0 bridgehead atoms. The van der Waals surface area contributed by atoms with Gasteiger partial charge in [-0.05, 0) is 31.2 Å². The lowest BCUT2D eigenvalue weighted by molar-refractivity contribution is -0.115. The van der Waals surface area contributed by atoms with E-state index in [4.69, 9.17) is 11.6 Å². The van der Waals surface area contributed by atoms with Crippen molar-refractivity contribution in [1.29, 1.82) is 0 Å². The molecule has 0 radical (unpaired) electrons. The second-order valence-corrected chi connectivity index (χ2v) is 7.10. The third-order valence-corrected chi connectivity index (χ3v) is 5.05. The lowest BCUT2D eigenvalue weighted by Gasteiger charge is -2.12. The zero-order valence-electron chi connectivity index (χ0n) is 14.0. The van der Waals surface area contributed by atoms with Gasteiger partial charge in [0.15, 0.2) is 16.1 Å². The minimum absolute atomic E-state index is 0.221. The topological polar surface area (TPSA) is 72.7 Å². The summed E-state index contributed by atoms with van der Waals surface area (Å²) in [6.07, 6.45) is 1.54. The van der Waals surface area contributed by atoms with Crippen molar-refractivity contribution in [3.05, 3.63) is 53.6 Å². The first-order chi connectivity index (χ1) is 12.5. The van der Waals surface area contributed by atoms with Gasteiger partial charge in [-0.2, -0.15) is 0 Å². The summed E-state index contributed by atoms with van der Waals surface area (Å²) in [5.74, 6) is -0.231. The average molecular weight is 392 g/mol. The van der Waals surface area contributed by atoms with Crippen LogP contribution in [0.4, 0.5) is 10.1 Å². The van der Waals surface area contributed by atoms with E-state index in [1.165, 1.54) is 17.8 Å². The van der Waals surface area contributed by atoms with Crippen molar-refractivity contribution in [2.45, 2.75) is 17.3 Å². The number of hydrogen-bond acceptors (Lipinski definition) is 5. The minimum atomic E-state index is -0.470. The normalized spacial score (nSPS) is 12.0. The smallest absolute Gasteiger partial charge is 0.237 e. The van der Waals surface area contributed by atoms with E-state index in [9.17, 15) is 9.18 Å². The van der Waals surface area contributed by atoms with Crippen LogP contribution >= 0.6 is 23.4 Å². The van der Waals surface area contributed by atoms with Crippen LogP contribution in [0.2, 0.25) is 5.15 Å². The van der Waals surface area contributed by atoms with E-state index in [1.807, 2.05) is 0 Å². The van der Waals surface area contributed by atoms with Crippen molar-refractivity contribution in [2.24, 2.45) is 7.05 Å². The molecule has 0 fully saturated rings. The van der Waals surface area contributed by atoms with Crippen LogP contribution in [0, 0.1) is 5.82 Å². The summed E-state index contributed by atoms with van der Waals surface area (Å²) in [6.45, 7) is 1.74. The van der Waals surface area contributed by atoms with Crippen LogP contribution in [0.3, 0.4) is 0 Å². The molecule has 3 aromatic rings. The summed E-state index contributed by atoms with van der Waals surface area (Å²) >= 11 is 7.17. The Kier molecular flexibility index (Phi) is 5.53. The first-order valence-corrected chi connectivity index (χ1v) is 8.95. The van der Waals surface area contributed by atoms with E-state index in [0.717, 1.165) is 0 Å². The molecular formula is C17H15ClFN5OS. The SMILES string of the molecule is C[C@@H](Sc1nnc(-c2ccccc2F)n1C)C(=O)Nc1cccnc1Cl. The number of hydrogen-bond donors (Lipinski definition) is 1. The standard InChI is InChI=1S/C17H15ClFN5OS/c1-10(16(25)21-13-8-5-9-20-14(13)18)26-17-23-22-15(24(17)2)11-6-3-4-7-12(11)19/h3-10H,1-2H3,(H,21,25)/t10-/m1/s1. The van der Waals surface area contributed by atoms with Crippen LogP contribution in [0.25, 0.3) is 11.4 Å². The van der Waals surface area contributed by atoms with Crippen LogP contribution in [-0.2, 0) is 11.8 Å². The maximum atomic E-state index is 14.0. The van der Waals surface area contributed by atoms with Gasteiger partial charge in [-0.15, -0.1) is 10.2 Å². The Morgan fingerprint density at radius 1 is 1.27 bits per heavy atom. The molecule has 2 aromatic heterocycles. The maximum Gasteiger partial charge on any atom is 0.237 e. The monoisotopic (exact) mass is 391 g/mol. The van der Waals surface area contributed by atoms with E-state index >= 15 is 0 Å². The van der Waals surface area contributed by atoms with E-state index in [2.05, 4.69) is 20.5 Å². The van der Waals surface area contributed by atoms with Crippen molar-refractivity contribution in [1.82, 2.24) is 19.7 Å². The number of pyridine rings is 1. The Balaban J connectivity index is 1.74. The molecule has 6 nitrogen and oxygen atoms in total. The highest BCUT2D eigenvalue weighted by atomic mass is 35.5. The van der Waals surface area contributed by atoms with Crippen LogP contribution < -0.4 is 5.32 Å². The number of nitrogens with one attached hydrogen (secondary N) is 1. The third-order valence-electron chi connectivity index (χ3n) is 3.62. The molecule has 0 saturated heterocycles. The fourth-order valence-corrected chi connectivity index (χ4v) is 3.20. The molecule has 0 spiro atoms. The largest absolute Gasteiger partial charge is 0.322 e. The Labute approximate surface area is 158 Å². The van der Waals surface area contributed by atoms with Gasteiger partial charge in [-0.25, -0.2) is 9.37 Å². The molecule has 0 aliphatic carbocycles. The molecule has 0 aliphatic heterocycles. The molecule has 2 heterocycles. The van der Waals surface area contributed by atoms with Crippen molar-refractivity contribution in [3.63, 3.8) is 0 Å². The predicted molar refractivity (Wildman–Crippen MR) is 99.6 cm³/mol. The molecule has 1 aromatic carbocycles. The van der Waals surface area contributed by atoms with Gasteiger partial charge in [-0.1, -0.05) is 35.5 Å². The van der Waals surface area contributed by atoms with Crippen molar-refractivity contribution in [2.75, 3.05) is 5.32 Å².